The molecule has 3 unspecified atom stereocenters. The Bertz CT molecular complexity index is 1040. The van der Waals surface area contributed by atoms with Crippen LogP contribution in [0.1, 0.15) is 11.7 Å². The summed E-state index contributed by atoms with van der Waals surface area (Å²) >= 11 is 0. The maximum absolute atomic E-state index is 12.1. The van der Waals surface area contributed by atoms with Crippen LogP contribution >= 0.6 is 23.5 Å². The van der Waals surface area contributed by atoms with Gasteiger partial charge in [-0.2, -0.15) is 8.62 Å². The molecule has 0 amide bonds. The first-order chi connectivity index (χ1) is 13.5. The highest BCUT2D eigenvalue weighted by atomic mass is 31.3. The minimum Gasteiger partial charge on any atom is -0.387 e. The minimum absolute atomic E-state index is 0.260. The first kappa shape index (κ1) is 25.2. The van der Waals surface area contributed by atoms with E-state index in [9.17, 15) is 38.4 Å². The minimum atomic E-state index is -5.73. The van der Waals surface area contributed by atoms with Gasteiger partial charge in [0.05, 0.1) is 12.2 Å². The van der Waals surface area contributed by atoms with Gasteiger partial charge in [-0.3, -0.25) is 13.9 Å². The first-order valence-electron chi connectivity index (χ1n) is 7.61. The molecule has 0 aliphatic carbocycles. The molecular formula is C10H17N2O15P3. The van der Waals surface area contributed by atoms with Crippen LogP contribution in [0.2, 0.25) is 0 Å². The Morgan fingerprint density at radius 2 is 1.67 bits per heavy atom. The van der Waals surface area contributed by atoms with Gasteiger partial charge in [-0.05, 0) is 0 Å². The molecule has 1 aliphatic heterocycles. The highest BCUT2D eigenvalue weighted by Crippen LogP contribution is 2.66. The summed E-state index contributed by atoms with van der Waals surface area (Å²) < 4.78 is 50.8. The van der Waals surface area contributed by atoms with Crippen molar-refractivity contribution in [3.8, 4) is 0 Å². The average Bonchev–Trinajstić information content (AvgIpc) is 2.83. The summed E-state index contributed by atoms with van der Waals surface area (Å²) in [5, 5.41) is 20.1. The molecule has 1 aromatic rings. The quantitative estimate of drug-likeness (QED) is 0.184. The molecule has 7 N–H and O–H groups in total. The lowest BCUT2D eigenvalue weighted by Crippen LogP contribution is -2.37. The number of phosphoric acid groups is 3. The Balaban J connectivity index is 2.09. The number of aromatic nitrogens is 2. The van der Waals surface area contributed by atoms with E-state index in [2.05, 4.69) is 18.1 Å². The third-order valence-electron chi connectivity index (χ3n) is 3.69. The number of nitrogens with zero attached hydrogens (tertiary/aromatic N) is 1. The molecule has 0 saturated carbocycles. The zero-order chi connectivity index (χ0) is 23.1. The molecule has 0 aromatic carbocycles. The molecule has 17 nitrogen and oxygen atoms in total. The Morgan fingerprint density at radius 3 is 2.23 bits per heavy atom. The summed E-state index contributed by atoms with van der Waals surface area (Å²) in [6, 6.07) is 0. The molecule has 172 valence electrons. The third-order valence-corrected chi connectivity index (χ3v) is 7.50. The number of aliphatic hydroxyl groups is 2. The van der Waals surface area contributed by atoms with Crippen molar-refractivity contribution in [1.82, 2.24) is 9.55 Å². The number of nitrogens with one attached hydrogen (secondary N) is 1. The van der Waals surface area contributed by atoms with Crippen molar-refractivity contribution in [2.45, 2.75) is 24.4 Å². The molecule has 0 bridgehead atoms. The predicted molar refractivity (Wildman–Crippen MR) is 91.7 cm³/mol. The van der Waals surface area contributed by atoms with Gasteiger partial charge in [0.2, 0.25) is 0 Å². The van der Waals surface area contributed by atoms with Crippen molar-refractivity contribution in [3.63, 3.8) is 0 Å². The van der Waals surface area contributed by atoms with Gasteiger partial charge in [-0.25, -0.2) is 18.5 Å². The fourth-order valence-electron chi connectivity index (χ4n) is 2.40. The number of aromatic amines is 1. The summed E-state index contributed by atoms with van der Waals surface area (Å²) in [5.74, 6) is 0. The maximum atomic E-state index is 12.1. The van der Waals surface area contributed by atoms with E-state index >= 15 is 0 Å². The van der Waals surface area contributed by atoms with E-state index in [1.165, 1.54) is 0 Å². The topological polar surface area (TPSA) is 264 Å². The summed E-state index contributed by atoms with van der Waals surface area (Å²) in [7, 11) is -15.6. The summed E-state index contributed by atoms with van der Waals surface area (Å²) in [6.07, 6.45) is -5.62. The zero-order valence-electron chi connectivity index (χ0n) is 14.7. The van der Waals surface area contributed by atoms with Crippen molar-refractivity contribution in [1.29, 1.82) is 0 Å². The number of H-pyrrole nitrogens is 1. The lowest BCUT2D eigenvalue weighted by Gasteiger charge is -2.19. The van der Waals surface area contributed by atoms with E-state index in [4.69, 9.17) is 19.4 Å². The Kier molecular flexibility index (Phi) is 7.44. The van der Waals surface area contributed by atoms with E-state index in [0.29, 0.717) is 4.57 Å². The smallest absolute Gasteiger partial charge is 0.387 e. The molecule has 1 fully saturated rings. The SMILES string of the molecule is Cn1c(=O)[nH]cc([C@@H]2O[C@H](COP(=O)(O)OP(=O)(O)OP(=O)(O)O)C(O)[C@@H]2O)c1=O. The van der Waals surface area contributed by atoms with E-state index in [0.717, 1.165) is 13.2 Å². The fourth-order valence-corrected chi connectivity index (χ4v) is 5.43. The van der Waals surface area contributed by atoms with Crippen LogP contribution in [0.4, 0.5) is 0 Å². The van der Waals surface area contributed by atoms with Crippen LogP contribution in [0, 0.1) is 0 Å². The fraction of sp³-hybridized carbons (Fsp3) is 0.600. The predicted octanol–water partition coefficient (Wildman–Crippen LogP) is -2.42. The Morgan fingerprint density at radius 1 is 1.07 bits per heavy atom. The molecule has 2 rings (SSSR count). The number of hydrogen-bond acceptors (Lipinski definition) is 11. The number of aliphatic hydroxyl groups excluding tert-OH is 2. The lowest BCUT2D eigenvalue weighted by molar-refractivity contribution is -0.0228. The summed E-state index contributed by atoms with van der Waals surface area (Å²) in [4.78, 5) is 61.1. The van der Waals surface area contributed by atoms with E-state index in [1.54, 1.807) is 0 Å². The molecule has 1 aromatic heterocycles. The highest BCUT2D eigenvalue weighted by Gasteiger charge is 2.47. The van der Waals surface area contributed by atoms with Crippen molar-refractivity contribution in [3.05, 3.63) is 32.6 Å². The van der Waals surface area contributed by atoms with Crippen LogP contribution < -0.4 is 11.2 Å². The molecule has 20 heteroatoms. The lowest BCUT2D eigenvalue weighted by atomic mass is 10.0. The highest BCUT2D eigenvalue weighted by molar-refractivity contribution is 7.66. The first-order valence-corrected chi connectivity index (χ1v) is 12.1. The van der Waals surface area contributed by atoms with Gasteiger partial charge in [0.15, 0.2) is 0 Å². The number of ether oxygens (including phenoxy) is 1. The van der Waals surface area contributed by atoms with Crippen molar-refractivity contribution < 1.29 is 61.4 Å². The van der Waals surface area contributed by atoms with Crippen molar-refractivity contribution in [2.24, 2.45) is 7.05 Å². The second kappa shape index (κ2) is 8.84. The van der Waals surface area contributed by atoms with Gasteiger partial charge >= 0.3 is 29.2 Å². The standard InChI is InChI=1S/C10H17N2O15P3/c1-12-9(15)4(2-11-10(12)16)8-7(14)6(13)5(25-8)3-24-29(20,21)27-30(22,23)26-28(17,18)19/h2,5-8,13-14H,3H2,1H3,(H,11,16)(H,20,21)(H,22,23)(H2,17,18,19)/t5-,6?,7+,8+/m1/s1. The van der Waals surface area contributed by atoms with Gasteiger partial charge < -0.3 is 39.5 Å². The molecule has 30 heavy (non-hydrogen) atoms. The van der Waals surface area contributed by atoms with Gasteiger partial charge in [0, 0.05) is 13.2 Å². The van der Waals surface area contributed by atoms with Gasteiger partial charge in [0.25, 0.3) is 5.56 Å². The summed E-state index contributed by atoms with van der Waals surface area (Å²) in [5.41, 5.74) is -1.88. The van der Waals surface area contributed by atoms with Gasteiger partial charge in [-0.15, -0.1) is 0 Å². The molecular weight excluding hydrogens is 481 g/mol. The largest absolute Gasteiger partial charge is 0.490 e. The van der Waals surface area contributed by atoms with Gasteiger partial charge in [0.1, 0.15) is 24.4 Å². The second-order valence-electron chi connectivity index (χ2n) is 5.88. The third kappa shape index (κ3) is 6.24. The van der Waals surface area contributed by atoms with E-state index in [-0.39, 0.29) is 5.56 Å². The molecule has 6 atom stereocenters. The van der Waals surface area contributed by atoms with E-state index in [1.807, 2.05) is 0 Å². The Hall–Kier alpha value is -1.03. The van der Waals surface area contributed by atoms with Crippen LogP contribution in [0.5, 0.6) is 0 Å². The molecule has 2 heterocycles. The number of hydrogen-bond donors (Lipinski definition) is 7. The van der Waals surface area contributed by atoms with Crippen LogP contribution in [-0.4, -0.2) is 64.3 Å². The molecule has 0 radical (unpaired) electrons. The van der Waals surface area contributed by atoms with Crippen LogP contribution in [0.3, 0.4) is 0 Å². The number of phosphoric ester groups is 1. The monoisotopic (exact) mass is 498 g/mol. The van der Waals surface area contributed by atoms with Gasteiger partial charge in [-0.1, -0.05) is 0 Å². The van der Waals surface area contributed by atoms with Crippen molar-refractivity contribution in [2.75, 3.05) is 6.61 Å². The Labute approximate surface area is 165 Å². The second-order valence-corrected chi connectivity index (χ2v) is 10.3. The molecule has 0 spiro atoms. The molecule has 1 aliphatic rings. The summed E-state index contributed by atoms with van der Waals surface area (Å²) in [6.45, 7) is -1.04. The zero-order valence-corrected chi connectivity index (χ0v) is 17.4. The van der Waals surface area contributed by atoms with Crippen LogP contribution in [-0.2, 0) is 38.6 Å². The van der Waals surface area contributed by atoms with Crippen LogP contribution in [0.25, 0.3) is 0 Å². The molecule has 1 saturated heterocycles. The normalized spacial score (nSPS) is 28.8. The number of rotatable bonds is 8. The van der Waals surface area contributed by atoms with E-state index < -0.39 is 65.7 Å². The average molecular weight is 498 g/mol. The van der Waals surface area contributed by atoms with Crippen molar-refractivity contribution >= 4 is 23.5 Å². The van der Waals surface area contributed by atoms with Crippen LogP contribution in [0.15, 0.2) is 15.8 Å². The maximum Gasteiger partial charge on any atom is 0.490 e.